The molecule has 1 fully saturated rings. The molecule has 1 N–H and O–H groups in total. The molecule has 1 heterocycles. The van der Waals surface area contributed by atoms with Crippen LogP contribution in [0.15, 0.2) is 48.5 Å². The summed E-state index contributed by atoms with van der Waals surface area (Å²) in [5.41, 5.74) is 1.12. The molecule has 0 saturated carbocycles. The van der Waals surface area contributed by atoms with Gasteiger partial charge in [0.2, 0.25) is 11.8 Å². The van der Waals surface area contributed by atoms with Gasteiger partial charge in [-0.3, -0.25) is 9.59 Å². The zero-order valence-electron chi connectivity index (χ0n) is 17.3. The summed E-state index contributed by atoms with van der Waals surface area (Å²) in [6, 6.07) is 14.2. The molecule has 30 heavy (non-hydrogen) atoms. The van der Waals surface area contributed by atoms with Gasteiger partial charge in [-0.2, -0.15) is 0 Å². The second-order valence-corrected chi connectivity index (χ2v) is 7.27. The van der Waals surface area contributed by atoms with Gasteiger partial charge in [0.25, 0.3) is 0 Å². The summed E-state index contributed by atoms with van der Waals surface area (Å²) in [6.45, 7) is 4.75. The van der Waals surface area contributed by atoms with Gasteiger partial charge in [0.1, 0.15) is 17.2 Å². The topological polar surface area (TPSA) is 79.3 Å². The molecule has 0 aliphatic carbocycles. The number of phenolic OH excluding ortho intramolecular Hbond substituents is 1. The zero-order chi connectivity index (χ0) is 21.3. The Kier molecular flexibility index (Phi) is 7.54. The monoisotopic (exact) mass is 412 g/mol. The quantitative estimate of drug-likeness (QED) is 0.721. The van der Waals surface area contributed by atoms with E-state index in [2.05, 4.69) is 0 Å². The Hall–Kier alpha value is -3.22. The lowest BCUT2D eigenvalue weighted by Crippen LogP contribution is -2.51. The van der Waals surface area contributed by atoms with Crippen LogP contribution in [0.4, 0.5) is 0 Å². The summed E-state index contributed by atoms with van der Waals surface area (Å²) in [5, 5.41) is 9.26. The third kappa shape index (κ3) is 6.40. The molecule has 2 aromatic rings. The van der Waals surface area contributed by atoms with Crippen LogP contribution >= 0.6 is 0 Å². The van der Waals surface area contributed by atoms with Gasteiger partial charge in [-0.25, -0.2) is 0 Å². The molecule has 7 heteroatoms. The largest absolute Gasteiger partial charge is 0.508 e. The number of carbonyl (C=O) groups is 2. The number of hydrogen-bond donors (Lipinski definition) is 1. The first-order chi connectivity index (χ1) is 14.5. The zero-order valence-corrected chi connectivity index (χ0v) is 17.3. The molecular weight excluding hydrogens is 384 g/mol. The lowest BCUT2D eigenvalue weighted by atomic mass is 10.2. The van der Waals surface area contributed by atoms with Crippen molar-refractivity contribution in [3.05, 3.63) is 54.1 Å². The van der Waals surface area contributed by atoms with Crippen LogP contribution < -0.4 is 9.47 Å². The predicted octanol–water partition coefficient (Wildman–Crippen LogP) is 2.61. The standard InChI is InChI=1S/C23H28N2O5/c1-18-3-2-4-21(17-18)30-16-10-23(28)25-13-11-24(12-14-25)22(27)9-15-29-20-7-5-19(26)6-8-20/h2-8,17,26H,9-16H2,1H3. The maximum absolute atomic E-state index is 12.4. The van der Waals surface area contributed by atoms with E-state index < -0.39 is 0 Å². The Bertz CT molecular complexity index is 845. The lowest BCUT2D eigenvalue weighted by molar-refractivity contribution is -0.140. The molecule has 0 atom stereocenters. The van der Waals surface area contributed by atoms with Crippen molar-refractivity contribution in [2.24, 2.45) is 0 Å². The van der Waals surface area contributed by atoms with Crippen molar-refractivity contribution in [2.75, 3.05) is 39.4 Å². The van der Waals surface area contributed by atoms with Gasteiger partial charge in [0.05, 0.1) is 26.1 Å². The van der Waals surface area contributed by atoms with E-state index in [4.69, 9.17) is 9.47 Å². The van der Waals surface area contributed by atoms with Gasteiger partial charge in [0.15, 0.2) is 0 Å². The second-order valence-electron chi connectivity index (χ2n) is 7.27. The maximum atomic E-state index is 12.4. The number of phenols is 1. The Labute approximate surface area is 176 Å². The summed E-state index contributed by atoms with van der Waals surface area (Å²) in [4.78, 5) is 28.3. The highest BCUT2D eigenvalue weighted by atomic mass is 16.5. The molecule has 7 nitrogen and oxygen atoms in total. The third-order valence-electron chi connectivity index (χ3n) is 4.98. The fourth-order valence-electron chi connectivity index (χ4n) is 3.28. The average Bonchev–Trinajstić information content (AvgIpc) is 2.75. The van der Waals surface area contributed by atoms with Crippen molar-refractivity contribution in [3.63, 3.8) is 0 Å². The number of aromatic hydroxyl groups is 1. The van der Waals surface area contributed by atoms with Crippen molar-refractivity contribution in [1.82, 2.24) is 9.80 Å². The molecule has 1 saturated heterocycles. The number of nitrogens with zero attached hydrogens (tertiary/aromatic N) is 2. The van der Waals surface area contributed by atoms with Crippen LogP contribution in [0.25, 0.3) is 0 Å². The molecular formula is C23H28N2O5. The number of ether oxygens (including phenoxy) is 2. The average molecular weight is 412 g/mol. The van der Waals surface area contributed by atoms with Crippen molar-refractivity contribution in [3.8, 4) is 17.2 Å². The van der Waals surface area contributed by atoms with Crippen molar-refractivity contribution in [2.45, 2.75) is 19.8 Å². The van der Waals surface area contributed by atoms with Crippen LogP contribution in [0.1, 0.15) is 18.4 Å². The van der Waals surface area contributed by atoms with Crippen LogP contribution in [-0.4, -0.2) is 66.1 Å². The van der Waals surface area contributed by atoms with E-state index in [9.17, 15) is 14.7 Å². The summed E-state index contributed by atoms with van der Waals surface area (Å²) in [6.07, 6.45) is 0.599. The molecule has 160 valence electrons. The van der Waals surface area contributed by atoms with Gasteiger partial charge < -0.3 is 24.4 Å². The van der Waals surface area contributed by atoms with Crippen LogP contribution in [-0.2, 0) is 9.59 Å². The number of aryl methyl sites for hydroxylation is 1. The van der Waals surface area contributed by atoms with E-state index in [0.717, 1.165) is 11.3 Å². The van der Waals surface area contributed by atoms with E-state index >= 15 is 0 Å². The number of carbonyl (C=O) groups excluding carboxylic acids is 2. The third-order valence-corrected chi connectivity index (χ3v) is 4.98. The molecule has 0 aromatic heterocycles. The Morgan fingerprint density at radius 2 is 1.37 bits per heavy atom. The molecule has 1 aliphatic heterocycles. The van der Waals surface area contributed by atoms with E-state index in [1.54, 1.807) is 34.1 Å². The minimum absolute atomic E-state index is 0.0173. The SMILES string of the molecule is Cc1cccc(OCCC(=O)N2CCN(C(=O)CCOc3ccc(O)cc3)CC2)c1. The predicted molar refractivity (Wildman–Crippen MR) is 113 cm³/mol. The van der Waals surface area contributed by atoms with Crippen molar-refractivity contribution in [1.29, 1.82) is 0 Å². The van der Waals surface area contributed by atoms with Gasteiger partial charge in [-0.05, 0) is 48.9 Å². The van der Waals surface area contributed by atoms with Gasteiger partial charge in [-0.15, -0.1) is 0 Å². The highest BCUT2D eigenvalue weighted by Gasteiger charge is 2.23. The Morgan fingerprint density at radius 3 is 1.90 bits per heavy atom. The first-order valence-corrected chi connectivity index (χ1v) is 10.2. The first-order valence-electron chi connectivity index (χ1n) is 10.2. The Morgan fingerprint density at radius 1 is 0.833 bits per heavy atom. The van der Waals surface area contributed by atoms with Gasteiger partial charge in [0, 0.05) is 26.2 Å². The minimum Gasteiger partial charge on any atom is -0.508 e. The molecule has 2 amide bonds. The van der Waals surface area contributed by atoms with E-state index in [-0.39, 0.29) is 30.6 Å². The minimum atomic E-state index is 0.0173. The molecule has 3 rings (SSSR count). The molecule has 0 spiro atoms. The van der Waals surface area contributed by atoms with E-state index in [0.29, 0.717) is 45.0 Å². The Balaban J connectivity index is 1.32. The van der Waals surface area contributed by atoms with Crippen molar-refractivity contribution >= 4 is 11.8 Å². The van der Waals surface area contributed by atoms with Crippen LogP contribution in [0.3, 0.4) is 0 Å². The summed E-state index contributed by atoms with van der Waals surface area (Å²) < 4.78 is 11.2. The number of amides is 2. The molecule has 0 unspecified atom stereocenters. The van der Waals surface area contributed by atoms with Crippen LogP contribution in [0.2, 0.25) is 0 Å². The van der Waals surface area contributed by atoms with Gasteiger partial charge >= 0.3 is 0 Å². The smallest absolute Gasteiger partial charge is 0.226 e. The fourth-order valence-corrected chi connectivity index (χ4v) is 3.28. The normalized spacial score (nSPS) is 13.8. The summed E-state index contributed by atoms with van der Waals surface area (Å²) >= 11 is 0. The number of rotatable bonds is 8. The lowest BCUT2D eigenvalue weighted by Gasteiger charge is -2.35. The van der Waals surface area contributed by atoms with E-state index in [1.807, 2.05) is 31.2 Å². The molecule has 0 bridgehead atoms. The number of benzene rings is 2. The maximum Gasteiger partial charge on any atom is 0.226 e. The fraction of sp³-hybridized carbons (Fsp3) is 0.391. The number of piperazine rings is 1. The van der Waals surface area contributed by atoms with Crippen LogP contribution in [0, 0.1) is 6.92 Å². The highest BCUT2D eigenvalue weighted by Crippen LogP contribution is 2.16. The molecule has 0 radical (unpaired) electrons. The molecule has 2 aromatic carbocycles. The van der Waals surface area contributed by atoms with Crippen LogP contribution in [0.5, 0.6) is 17.2 Å². The van der Waals surface area contributed by atoms with E-state index in [1.165, 1.54) is 0 Å². The first kappa shape index (κ1) is 21.5. The van der Waals surface area contributed by atoms with Gasteiger partial charge in [-0.1, -0.05) is 12.1 Å². The number of hydrogen-bond acceptors (Lipinski definition) is 5. The molecule has 1 aliphatic rings. The van der Waals surface area contributed by atoms with Crippen molar-refractivity contribution < 1.29 is 24.2 Å². The summed E-state index contributed by atoms with van der Waals surface area (Å²) in [7, 11) is 0. The summed E-state index contributed by atoms with van der Waals surface area (Å²) in [5.74, 6) is 1.62. The second kappa shape index (κ2) is 10.5. The highest BCUT2D eigenvalue weighted by molar-refractivity contribution is 5.78.